The normalized spacial score (nSPS) is 12.7. The van der Waals surface area contributed by atoms with Crippen LogP contribution in [0.5, 0.6) is 0 Å². The van der Waals surface area contributed by atoms with Crippen molar-refractivity contribution < 1.29 is 28.6 Å². The zero-order chi connectivity index (χ0) is 58.5. The Labute approximate surface area is 502 Å². The number of carbonyl (C=O) groups excluding carboxylic acids is 3. The van der Waals surface area contributed by atoms with Crippen LogP contribution >= 0.6 is 0 Å². The maximum Gasteiger partial charge on any atom is 0.306 e. The van der Waals surface area contributed by atoms with Crippen LogP contribution < -0.4 is 0 Å². The van der Waals surface area contributed by atoms with Gasteiger partial charge in [-0.05, 0) is 122 Å². The average Bonchev–Trinajstić information content (AvgIpc) is 3.47. The van der Waals surface area contributed by atoms with E-state index in [0.717, 1.165) is 109 Å². The van der Waals surface area contributed by atoms with Crippen molar-refractivity contribution in [2.24, 2.45) is 0 Å². The topological polar surface area (TPSA) is 78.9 Å². The van der Waals surface area contributed by atoms with E-state index in [1.54, 1.807) is 0 Å². The number of rotatable bonds is 63. The lowest BCUT2D eigenvalue weighted by Crippen LogP contribution is -2.30. The Balaban J connectivity index is 4.34. The summed E-state index contributed by atoms with van der Waals surface area (Å²) < 4.78 is 17.0. The molecular weight excluding hydrogens is 997 g/mol. The molecule has 0 aliphatic rings. The smallest absolute Gasteiger partial charge is 0.306 e. The Morgan fingerprint density at radius 2 is 0.481 bits per heavy atom. The first-order chi connectivity index (χ1) is 40.0. The van der Waals surface area contributed by atoms with Crippen LogP contribution in [-0.2, 0) is 28.6 Å². The molecule has 0 aromatic heterocycles. The first-order valence-corrected chi connectivity index (χ1v) is 34.7. The number of carbonyl (C=O) groups is 3. The van der Waals surface area contributed by atoms with Crippen LogP contribution in [0.3, 0.4) is 0 Å². The highest BCUT2D eigenvalue weighted by Gasteiger charge is 2.19. The van der Waals surface area contributed by atoms with Crippen molar-refractivity contribution in [3.8, 4) is 0 Å². The lowest BCUT2D eigenvalue weighted by atomic mass is 10.0. The Morgan fingerprint density at radius 1 is 0.259 bits per heavy atom. The molecular formula is C75H130O6. The Hall–Kier alpha value is -3.67. The summed E-state index contributed by atoms with van der Waals surface area (Å²) in [6.45, 7) is 6.52. The molecule has 6 nitrogen and oxygen atoms in total. The summed E-state index contributed by atoms with van der Waals surface area (Å²) in [4.78, 5) is 38.4. The molecule has 6 heteroatoms. The second-order valence-electron chi connectivity index (χ2n) is 23.1. The van der Waals surface area contributed by atoms with Crippen LogP contribution in [0.1, 0.15) is 342 Å². The van der Waals surface area contributed by atoms with Gasteiger partial charge in [0.2, 0.25) is 0 Å². The molecule has 0 aliphatic heterocycles. The molecule has 0 aromatic carbocycles. The van der Waals surface area contributed by atoms with Crippen LogP contribution in [0.15, 0.2) is 97.2 Å². The summed E-state index contributed by atoms with van der Waals surface area (Å²) >= 11 is 0. The van der Waals surface area contributed by atoms with Crippen LogP contribution in [0.2, 0.25) is 0 Å². The fraction of sp³-hybridized carbons (Fsp3) is 0.747. The van der Waals surface area contributed by atoms with E-state index in [0.29, 0.717) is 19.3 Å². The number of unbranched alkanes of at least 4 members (excludes halogenated alkanes) is 36. The molecule has 0 saturated heterocycles. The maximum atomic E-state index is 13.0. The van der Waals surface area contributed by atoms with Gasteiger partial charge in [0.15, 0.2) is 6.10 Å². The van der Waals surface area contributed by atoms with Gasteiger partial charge in [-0.25, -0.2) is 0 Å². The van der Waals surface area contributed by atoms with E-state index in [1.165, 1.54) is 193 Å². The maximum absolute atomic E-state index is 13.0. The molecule has 1 unspecified atom stereocenters. The van der Waals surface area contributed by atoms with Crippen molar-refractivity contribution in [1.29, 1.82) is 0 Å². The van der Waals surface area contributed by atoms with Crippen LogP contribution in [-0.4, -0.2) is 37.2 Å². The minimum atomic E-state index is -0.787. The first kappa shape index (κ1) is 77.3. The lowest BCUT2D eigenvalue weighted by Gasteiger charge is -2.18. The van der Waals surface area contributed by atoms with Gasteiger partial charge in [0.1, 0.15) is 13.2 Å². The fourth-order valence-electron chi connectivity index (χ4n) is 9.85. The molecule has 81 heavy (non-hydrogen) atoms. The standard InChI is InChI=1S/C75H130O6/c1-4-7-10-13-16-19-22-25-28-30-32-34-36-37-39-40-42-44-47-50-53-56-59-62-65-68-74(77)80-71-72(70-79-73(76)67-64-61-58-55-52-49-46-27-24-21-18-15-12-9-6-3)81-75(78)69-66-63-60-57-54-51-48-45-43-41-38-35-33-31-29-26-23-20-17-14-11-8-5-2/h7,10,16,18-19,21,23,25-28,31-34,46,72H,4-6,8-9,11-15,17,20,22,24,29-30,35-45,47-71H2,1-3H3/b10-7-,19-16-,21-18-,26-23-,28-25-,33-31-,34-32-,46-27-. The molecule has 0 spiro atoms. The van der Waals surface area contributed by atoms with Gasteiger partial charge in [-0.15, -0.1) is 0 Å². The SMILES string of the molecule is CC/C=C\C/C=C\C/C=C\C/C=C\CCCCCCCCCCCCCCC(=O)OCC(COC(=O)CCCCCCC/C=C\C/C=C\CCCCC)OC(=O)CCCCCCCCCCCCC/C=C\C/C=C\CCCCCCC. The molecule has 0 radical (unpaired) electrons. The van der Waals surface area contributed by atoms with Gasteiger partial charge in [0, 0.05) is 19.3 Å². The molecule has 0 saturated carbocycles. The number of hydrogen-bond donors (Lipinski definition) is 0. The Morgan fingerprint density at radius 3 is 0.778 bits per heavy atom. The van der Waals surface area contributed by atoms with Crippen LogP contribution in [0.25, 0.3) is 0 Å². The fourth-order valence-corrected chi connectivity index (χ4v) is 9.85. The minimum Gasteiger partial charge on any atom is -0.462 e. The highest BCUT2D eigenvalue weighted by Crippen LogP contribution is 2.17. The van der Waals surface area contributed by atoms with Crippen molar-refractivity contribution in [2.75, 3.05) is 13.2 Å². The van der Waals surface area contributed by atoms with Gasteiger partial charge < -0.3 is 14.2 Å². The van der Waals surface area contributed by atoms with Gasteiger partial charge in [0.25, 0.3) is 0 Å². The van der Waals surface area contributed by atoms with Crippen molar-refractivity contribution in [3.05, 3.63) is 97.2 Å². The quantitative estimate of drug-likeness (QED) is 0.0261. The predicted octanol–water partition coefficient (Wildman–Crippen LogP) is 24.0. The van der Waals surface area contributed by atoms with Crippen molar-refractivity contribution in [1.82, 2.24) is 0 Å². The van der Waals surface area contributed by atoms with Crippen LogP contribution in [0.4, 0.5) is 0 Å². The van der Waals surface area contributed by atoms with E-state index in [4.69, 9.17) is 14.2 Å². The molecule has 0 N–H and O–H groups in total. The van der Waals surface area contributed by atoms with Gasteiger partial charge in [-0.3, -0.25) is 14.4 Å². The zero-order valence-electron chi connectivity index (χ0n) is 53.5. The summed E-state index contributed by atoms with van der Waals surface area (Å²) in [5.41, 5.74) is 0. The summed E-state index contributed by atoms with van der Waals surface area (Å²) in [5, 5.41) is 0. The van der Waals surface area contributed by atoms with E-state index in [2.05, 4.69) is 118 Å². The van der Waals surface area contributed by atoms with Crippen molar-refractivity contribution in [2.45, 2.75) is 348 Å². The minimum absolute atomic E-state index is 0.0822. The molecule has 0 bridgehead atoms. The number of allylic oxidation sites excluding steroid dienone is 16. The van der Waals surface area contributed by atoms with Gasteiger partial charge in [-0.2, -0.15) is 0 Å². The highest BCUT2D eigenvalue weighted by molar-refractivity contribution is 5.71. The van der Waals surface area contributed by atoms with Gasteiger partial charge in [-0.1, -0.05) is 298 Å². The average molecular weight is 1130 g/mol. The van der Waals surface area contributed by atoms with Crippen molar-refractivity contribution >= 4 is 17.9 Å². The summed E-state index contributed by atoms with van der Waals surface area (Å²) in [5.74, 6) is -0.885. The molecule has 0 amide bonds. The van der Waals surface area contributed by atoms with Crippen LogP contribution in [0, 0.1) is 0 Å². The summed E-state index contributed by atoms with van der Waals surface area (Å²) in [6, 6.07) is 0. The second-order valence-corrected chi connectivity index (χ2v) is 23.1. The van der Waals surface area contributed by atoms with E-state index < -0.39 is 6.10 Å². The van der Waals surface area contributed by atoms with Gasteiger partial charge in [0.05, 0.1) is 0 Å². The zero-order valence-corrected chi connectivity index (χ0v) is 53.5. The van der Waals surface area contributed by atoms with Crippen molar-refractivity contribution in [3.63, 3.8) is 0 Å². The molecule has 1 atom stereocenters. The third-order valence-corrected chi connectivity index (χ3v) is 15.0. The number of ether oxygens (including phenoxy) is 3. The monoisotopic (exact) mass is 1130 g/mol. The summed E-state index contributed by atoms with van der Waals surface area (Å²) in [7, 11) is 0. The largest absolute Gasteiger partial charge is 0.462 e. The second kappa shape index (κ2) is 68.8. The Kier molecular flexibility index (Phi) is 65.7. The molecule has 0 fully saturated rings. The Bertz CT molecular complexity index is 1580. The highest BCUT2D eigenvalue weighted by atomic mass is 16.6. The predicted molar refractivity (Wildman–Crippen MR) is 353 cm³/mol. The van der Waals surface area contributed by atoms with E-state index in [9.17, 15) is 14.4 Å². The third-order valence-electron chi connectivity index (χ3n) is 15.0. The molecule has 0 aliphatic carbocycles. The first-order valence-electron chi connectivity index (χ1n) is 34.7. The number of hydrogen-bond acceptors (Lipinski definition) is 6. The summed E-state index contributed by atoms with van der Waals surface area (Å²) in [6.07, 6.45) is 92.8. The molecule has 0 heterocycles. The van der Waals surface area contributed by atoms with Gasteiger partial charge >= 0.3 is 17.9 Å². The third kappa shape index (κ3) is 67.0. The number of esters is 3. The van der Waals surface area contributed by atoms with E-state index in [-0.39, 0.29) is 31.1 Å². The lowest BCUT2D eigenvalue weighted by molar-refractivity contribution is -0.167. The van der Waals surface area contributed by atoms with E-state index >= 15 is 0 Å². The van der Waals surface area contributed by atoms with E-state index in [1.807, 2.05) is 0 Å². The molecule has 0 rings (SSSR count). The molecule has 0 aromatic rings. The molecule has 466 valence electrons.